The van der Waals surface area contributed by atoms with E-state index in [9.17, 15) is 49.1 Å². The highest BCUT2D eigenvalue weighted by atomic mass is 32.2. The molecule has 3 fully saturated rings. The van der Waals surface area contributed by atoms with Gasteiger partial charge in [0, 0.05) is 66.3 Å². The summed E-state index contributed by atoms with van der Waals surface area (Å²) in [6, 6.07) is 23.9. The maximum Gasteiger partial charge on any atom is 0.281 e. The Bertz CT molecular complexity index is 4860. The summed E-state index contributed by atoms with van der Waals surface area (Å²) < 4.78 is 105. The zero-order valence-electron chi connectivity index (χ0n) is 60.5. The second kappa shape index (κ2) is 30.2. The topological polar surface area (TPSA) is 376 Å². The lowest BCUT2D eigenvalue weighted by molar-refractivity contribution is 0.0971. The third-order valence-corrected chi connectivity index (χ3v) is 21.5. The van der Waals surface area contributed by atoms with Crippen LogP contribution >= 0.6 is 0 Å². The van der Waals surface area contributed by atoms with Crippen LogP contribution in [0.3, 0.4) is 0 Å². The Morgan fingerprint density at radius 2 is 1.05 bits per heavy atom. The van der Waals surface area contributed by atoms with Crippen LogP contribution < -0.4 is 45.1 Å². The average molecular weight is 1470 g/mol. The van der Waals surface area contributed by atoms with Gasteiger partial charge in [-0.2, -0.15) is 26.9 Å². The number of phenols is 1. The molecule has 8 aromatic rings. The van der Waals surface area contributed by atoms with E-state index < -0.39 is 58.6 Å². The number of nitrogens with one attached hydrogen (secondary N) is 3. The zero-order valence-corrected chi connectivity index (χ0v) is 63.0. The summed E-state index contributed by atoms with van der Waals surface area (Å²) in [6.07, 6.45) is 7.51. The number of ether oxygens (including phenoxy) is 1. The number of nitrogens with zero attached hydrogens (tertiary/aromatic N) is 11. The molecule has 0 aliphatic carbocycles. The Morgan fingerprint density at radius 1 is 0.592 bits per heavy atom. The third-order valence-electron chi connectivity index (χ3n) is 17.6. The average Bonchev–Trinajstić information content (AvgIpc) is 1.74. The molecule has 3 aliphatic rings. The first-order valence-electron chi connectivity index (χ1n) is 33.7. The Hall–Kier alpha value is -9.88. The highest BCUT2D eigenvalue weighted by molar-refractivity contribution is 7.90. The number of aryl methyl sites for hydroxylation is 2. The summed E-state index contributed by atoms with van der Waals surface area (Å²) in [4.78, 5) is 71.3. The second-order valence-electron chi connectivity index (χ2n) is 29.2. The first-order chi connectivity index (χ1) is 48.0. The van der Waals surface area contributed by atoms with Crippen molar-refractivity contribution in [2.24, 2.45) is 23.7 Å². The zero-order chi connectivity index (χ0) is 75.6. The fourth-order valence-electron chi connectivity index (χ4n) is 13.5. The van der Waals surface area contributed by atoms with Gasteiger partial charge in [-0.3, -0.25) is 24.0 Å². The SMILES string of the molecule is CC1CN(c2nc(OC(C)C)c(F)cc2C(=O)NS(=O)(=O)c2cccc(N)n2)C(C)(C)C1.Cc1cc(O)cc(-c2ccc(C(=O)NS(=O)(=O)c3cccc(N)n3)c(N3C[C@@H](C)CC3(C)C)n2)c1.Cc1ncccc1S(=O)(=O)NC(=O)c1ccc(-c2cnn(CC(C)C)c2)nc1N1C[C@@H](C)CC1(C)C. The van der Waals surface area contributed by atoms with Crippen molar-refractivity contribution in [2.75, 3.05) is 45.8 Å². The molecule has 3 amide bonds. The molecule has 1 unspecified atom stereocenters. The number of aromatic hydroxyl groups is 1. The van der Waals surface area contributed by atoms with Crippen LogP contribution in [0.25, 0.3) is 22.5 Å². The summed E-state index contributed by atoms with van der Waals surface area (Å²) in [5.74, 6) is -1.05. The summed E-state index contributed by atoms with van der Waals surface area (Å²) in [7, 11) is -12.7. The van der Waals surface area contributed by atoms with Crippen LogP contribution in [0.1, 0.15) is 152 Å². The van der Waals surface area contributed by atoms with Crippen LogP contribution in [-0.4, -0.2) is 130 Å². The standard InChI is InChI=1S/C26H34N6O3S.C25H29N5O4S.C21H28FN5O4S/c1-17(2)14-31-16-20(13-28-31)22-10-9-21(24(29-22)32-15-18(3)12-26(32,5)6)25(33)30-36(34,35)23-8-7-11-27-19(23)4;1-15-10-17(12-18(31)11-15)20-9-8-19(23(27-20)30-14-16(2)13-25(30,3)4)24(32)29-35(33,34)22-7-5-6-21(26)28-22;1-12(2)31-20-15(22)9-14(18(25-20)27-11-13(3)10-21(27,4)5)19(28)26-32(29,30)17-8-6-7-16(23)24-17/h7-11,13,16-18H,12,14-15H2,1-6H3,(H,30,33);5-12,16,31H,13-14H2,1-4H3,(H2,26,28)(H,29,32);6-9,12-13H,10-11H2,1-5H3,(H2,23,24)(H,26,28)/t18-;16-;/m00./s1. The van der Waals surface area contributed by atoms with Crippen LogP contribution in [0, 0.1) is 43.3 Å². The van der Waals surface area contributed by atoms with Crippen LogP contribution in [0.5, 0.6) is 11.6 Å². The molecule has 0 spiro atoms. The quantitative estimate of drug-likeness (QED) is 0.0465. The van der Waals surface area contributed by atoms with E-state index in [1.165, 1.54) is 54.7 Å². The molecular weight excluding hydrogens is 1380 g/mol. The molecule has 550 valence electrons. The first kappa shape index (κ1) is 77.3. The monoisotopic (exact) mass is 1470 g/mol. The number of halogens is 1. The Balaban J connectivity index is 0.000000180. The van der Waals surface area contributed by atoms with Gasteiger partial charge >= 0.3 is 0 Å². The van der Waals surface area contributed by atoms with Crippen molar-refractivity contribution in [2.45, 2.75) is 167 Å². The van der Waals surface area contributed by atoms with Gasteiger partial charge in [-0.25, -0.2) is 46.9 Å². The van der Waals surface area contributed by atoms with E-state index in [-0.39, 0.29) is 78.4 Å². The number of pyridine rings is 6. The highest BCUT2D eigenvalue weighted by Crippen LogP contribution is 2.42. The summed E-state index contributed by atoms with van der Waals surface area (Å²) in [5, 5.41) is 13.7. The van der Waals surface area contributed by atoms with Gasteiger partial charge in [0.25, 0.3) is 53.7 Å². The van der Waals surface area contributed by atoms with Crippen molar-refractivity contribution in [3.63, 3.8) is 0 Å². The number of phenolic OH excluding ortho intramolecular Hbond substituents is 1. The van der Waals surface area contributed by atoms with E-state index in [4.69, 9.17) is 26.2 Å². The summed E-state index contributed by atoms with van der Waals surface area (Å²) in [6.45, 7) is 32.6. The van der Waals surface area contributed by atoms with Crippen molar-refractivity contribution < 1.29 is 53.9 Å². The summed E-state index contributed by atoms with van der Waals surface area (Å²) in [5.41, 5.74) is 14.3. The minimum atomic E-state index is -4.34. The van der Waals surface area contributed by atoms with E-state index >= 15 is 0 Å². The van der Waals surface area contributed by atoms with Gasteiger partial charge in [0.2, 0.25) is 0 Å². The number of nitrogen functional groups attached to an aromatic ring is 2. The van der Waals surface area contributed by atoms with Crippen LogP contribution in [0.15, 0.2) is 131 Å². The molecule has 0 saturated carbocycles. The number of carbonyl (C=O) groups excluding carboxylic acids is 3. The minimum absolute atomic E-state index is 0.0169. The number of carbonyl (C=O) groups is 3. The van der Waals surface area contributed by atoms with Gasteiger partial charge in [-0.05, 0) is 203 Å². The number of hydrogen-bond acceptors (Lipinski definition) is 23. The molecule has 0 bridgehead atoms. The van der Waals surface area contributed by atoms with E-state index in [1.54, 1.807) is 63.4 Å². The van der Waals surface area contributed by atoms with E-state index in [2.05, 4.69) is 102 Å². The lowest BCUT2D eigenvalue weighted by atomic mass is 9.97. The maximum atomic E-state index is 14.8. The number of anilines is 5. The van der Waals surface area contributed by atoms with Crippen molar-refractivity contribution in [1.29, 1.82) is 0 Å². The normalized spacial score (nSPS) is 17.7. The fourth-order valence-corrected chi connectivity index (χ4v) is 16.5. The van der Waals surface area contributed by atoms with Gasteiger partial charge in [0.15, 0.2) is 15.9 Å². The first-order valence-corrected chi connectivity index (χ1v) is 38.1. The number of rotatable bonds is 18. The third kappa shape index (κ3) is 18.3. The van der Waals surface area contributed by atoms with E-state index in [1.807, 2.05) is 52.2 Å². The number of hydrogen-bond donors (Lipinski definition) is 6. The van der Waals surface area contributed by atoms with Crippen molar-refractivity contribution in [1.82, 2.24) is 53.9 Å². The number of amides is 3. The van der Waals surface area contributed by atoms with Crippen LogP contribution in [0.4, 0.5) is 33.5 Å². The van der Waals surface area contributed by atoms with E-state index in [0.717, 1.165) is 43.0 Å². The molecule has 3 atom stereocenters. The molecular formula is C72H91FN16O11S3. The van der Waals surface area contributed by atoms with Gasteiger partial charge in [-0.1, -0.05) is 46.8 Å². The Morgan fingerprint density at radius 3 is 1.48 bits per heavy atom. The van der Waals surface area contributed by atoms with Crippen molar-refractivity contribution in [3.8, 4) is 34.1 Å². The number of nitrogens with two attached hydrogens (primary N) is 2. The predicted molar refractivity (Wildman–Crippen MR) is 392 cm³/mol. The molecule has 27 nitrogen and oxygen atoms in total. The molecule has 11 rings (SSSR count). The largest absolute Gasteiger partial charge is 0.508 e. The number of aromatic nitrogens is 8. The fraction of sp³-hybridized carbons (Fsp3) is 0.417. The molecule has 10 heterocycles. The lowest BCUT2D eigenvalue weighted by Crippen LogP contribution is -2.41. The van der Waals surface area contributed by atoms with Crippen LogP contribution in [0.2, 0.25) is 0 Å². The van der Waals surface area contributed by atoms with Crippen molar-refractivity contribution in [3.05, 3.63) is 149 Å². The smallest absolute Gasteiger partial charge is 0.281 e. The Kier molecular flexibility index (Phi) is 22.7. The van der Waals surface area contributed by atoms with Crippen LogP contribution in [-0.2, 0) is 36.6 Å². The summed E-state index contributed by atoms with van der Waals surface area (Å²) >= 11 is 0. The van der Waals surface area contributed by atoms with Gasteiger partial charge in [0.1, 0.15) is 39.7 Å². The molecule has 3 aliphatic heterocycles. The van der Waals surface area contributed by atoms with E-state index in [0.29, 0.717) is 77.6 Å². The Labute approximate surface area is 601 Å². The van der Waals surface area contributed by atoms with Crippen molar-refractivity contribution >= 4 is 76.9 Å². The minimum Gasteiger partial charge on any atom is -0.508 e. The number of benzene rings is 1. The number of sulfonamides is 3. The van der Waals surface area contributed by atoms with Gasteiger partial charge in [-0.15, -0.1) is 0 Å². The molecule has 7 aromatic heterocycles. The van der Waals surface area contributed by atoms with Gasteiger partial charge in [0.05, 0.1) is 46.1 Å². The molecule has 103 heavy (non-hydrogen) atoms. The lowest BCUT2D eigenvalue weighted by Gasteiger charge is -2.34. The van der Waals surface area contributed by atoms with Gasteiger partial charge < -0.3 is 36.0 Å². The molecule has 31 heteroatoms. The highest BCUT2D eigenvalue weighted by Gasteiger charge is 2.43. The molecule has 3 saturated heterocycles. The molecule has 1 aromatic carbocycles. The predicted octanol–water partition coefficient (Wildman–Crippen LogP) is 10.3. The maximum absolute atomic E-state index is 14.8. The second-order valence-corrected chi connectivity index (χ2v) is 34.1. The molecule has 0 radical (unpaired) electrons. The molecule has 8 N–H and O–H groups in total.